The van der Waals surface area contributed by atoms with Crippen LogP contribution >= 0.6 is 0 Å². The minimum absolute atomic E-state index is 0.105. The Kier molecular flexibility index (Phi) is 5.85. The molecule has 0 saturated carbocycles. The number of hydrogen-bond donors (Lipinski definition) is 0. The number of non-ortho nitro benzene ring substituents is 1. The van der Waals surface area contributed by atoms with Gasteiger partial charge in [-0.05, 0) is 45.7 Å². The molecule has 0 spiro atoms. The summed E-state index contributed by atoms with van der Waals surface area (Å²) >= 11 is 0. The summed E-state index contributed by atoms with van der Waals surface area (Å²) in [4.78, 5) is 40.8. The molecule has 3 atom stereocenters. The normalized spacial score (nSPS) is 23.5. The van der Waals surface area contributed by atoms with Crippen LogP contribution in [-0.4, -0.2) is 50.7 Å². The molecule has 34 heavy (non-hydrogen) atoms. The fourth-order valence-electron chi connectivity index (χ4n) is 4.48. The molecule has 0 unspecified atom stereocenters. The molecule has 180 valence electrons. The van der Waals surface area contributed by atoms with Crippen molar-refractivity contribution < 1.29 is 24.0 Å². The topological polar surface area (TPSA) is 102 Å². The molecule has 2 amide bonds. The van der Waals surface area contributed by atoms with Crippen molar-refractivity contribution >= 4 is 17.7 Å². The molecule has 0 radical (unpaired) electrons. The van der Waals surface area contributed by atoms with Gasteiger partial charge in [-0.2, -0.15) is 0 Å². The molecule has 2 aliphatic heterocycles. The van der Waals surface area contributed by atoms with Crippen LogP contribution in [0.4, 0.5) is 10.5 Å². The number of carbonyl (C=O) groups excluding carboxylic acids is 2. The molecule has 9 heteroatoms. The first-order chi connectivity index (χ1) is 15.9. The average molecular weight is 468 g/mol. The van der Waals surface area contributed by atoms with E-state index in [1.54, 1.807) is 37.8 Å². The van der Waals surface area contributed by atoms with Gasteiger partial charge in [0.2, 0.25) is 0 Å². The van der Waals surface area contributed by atoms with Crippen LogP contribution < -0.4 is 0 Å². The number of carbonyl (C=O) groups is 2. The molecule has 4 rings (SSSR count). The molecule has 2 saturated heterocycles. The molecule has 9 nitrogen and oxygen atoms in total. The van der Waals surface area contributed by atoms with Gasteiger partial charge < -0.3 is 14.4 Å². The van der Waals surface area contributed by atoms with Gasteiger partial charge in [0, 0.05) is 12.1 Å². The summed E-state index contributed by atoms with van der Waals surface area (Å²) < 4.78 is 11.5. The molecule has 2 fully saturated rings. The summed E-state index contributed by atoms with van der Waals surface area (Å²) in [6.07, 6.45) is -0.642. The first kappa shape index (κ1) is 23.7. The Bertz CT molecular complexity index is 1110. The Hall–Kier alpha value is -3.46. The first-order valence-electron chi connectivity index (χ1n) is 11.2. The van der Waals surface area contributed by atoms with E-state index in [0.29, 0.717) is 12.2 Å². The van der Waals surface area contributed by atoms with E-state index in [-0.39, 0.29) is 17.6 Å². The highest BCUT2D eigenvalue weighted by molar-refractivity contribution is 5.93. The van der Waals surface area contributed by atoms with Crippen LogP contribution in [0.3, 0.4) is 0 Å². The van der Waals surface area contributed by atoms with Crippen LogP contribution in [0.15, 0.2) is 54.6 Å². The van der Waals surface area contributed by atoms with E-state index in [9.17, 15) is 19.7 Å². The zero-order valence-electron chi connectivity index (χ0n) is 19.9. The van der Waals surface area contributed by atoms with Gasteiger partial charge in [-0.3, -0.25) is 19.8 Å². The smallest absolute Gasteiger partial charge is 0.411 e. The van der Waals surface area contributed by atoms with E-state index in [0.717, 1.165) is 5.56 Å². The van der Waals surface area contributed by atoms with Gasteiger partial charge in [-0.1, -0.05) is 42.5 Å². The van der Waals surface area contributed by atoms with Gasteiger partial charge >= 0.3 is 6.09 Å². The molecule has 0 N–H and O–H groups in total. The summed E-state index contributed by atoms with van der Waals surface area (Å²) in [5.41, 5.74) is -0.326. The third kappa shape index (κ3) is 4.48. The van der Waals surface area contributed by atoms with Crippen LogP contribution in [0.1, 0.15) is 57.8 Å². The SMILES string of the molecule is CC(C)(C)OC(=O)N1[C@@H](C(=O)N2[C@H](c3ccccc3)COC2(C)C)[C@@H]1c1cccc([N+](=O)[O-])c1. The number of nitro groups is 1. The molecular weight excluding hydrogens is 438 g/mol. The van der Waals surface area contributed by atoms with Crippen molar-refractivity contribution in [2.45, 2.75) is 64.1 Å². The van der Waals surface area contributed by atoms with Crippen LogP contribution in [0, 0.1) is 10.1 Å². The monoisotopic (exact) mass is 467 g/mol. The number of nitrogens with zero attached hydrogens (tertiary/aromatic N) is 3. The second kappa shape index (κ2) is 8.39. The number of hydrogen-bond acceptors (Lipinski definition) is 6. The van der Waals surface area contributed by atoms with Crippen molar-refractivity contribution in [3.05, 3.63) is 75.8 Å². The van der Waals surface area contributed by atoms with Crippen molar-refractivity contribution in [3.63, 3.8) is 0 Å². The fraction of sp³-hybridized carbons (Fsp3) is 0.440. The van der Waals surface area contributed by atoms with E-state index in [1.165, 1.54) is 17.0 Å². The standard InChI is InChI=1S/C25H29N3O6/c1-24(2,3)34-23(30)26-20(17-12-9-13-18(14-17)28(31)32)21(26)22(29)27-19(15-33-25(27,4)5)16-10-7-6-8-11-16/h6-14,19-21H,15H2,1-5H3/t19-,20-,21+,26?/m0/s1. The molecule has 2 aliphatic rings. The number of nitro benzene ring substituents is 1. The van der Waals surface area contributed by atoms with Gasteiger partial charge in [0.25, 0.3) is 11.6 Å². The second-order valence-corrected chi connectivity index (χ2v) is 10.0. The summed E-state index contributed by atoms with van der Waals surface area (Å²) in [5, 5.41) is 11.3. The molecule has 2 aromatic carbocycles. The third-order valence-electron chi connectivity index (χ3n) is 6.00. The number of benzene rings is 2. The highest BCUT2D eigenvalue weighted by Crippen LogP contribution is 2.49. The maximum absolute atomic E-state index is 14.0. The number of ether oxygens (including phenoxy) is 2. The number of amides is 2. The first-order valence-corrected chi connectivity index (χ1v) is 11.2. The Morgan fingerprint density at radius 2 is 1.74 bits per heavy atom. The molecule has 2 aromatic rings. The largest absolute Gasteiger partial charge is 0.444 e. The third-order valence-corrected chi connectivity index (χ3v) is 6.00. The molecule has 0 aromatic heterocycles. The summed E-state index contributed by atoms with van der Waals surface area (Å²) in [6.45, 7) is 9.19. The van der Waals surface area contributed by atoms with Gasteiger partial charge in [0.1, 0.15) is 17.4 Å². The Morgan fingerprint density at radius 3 is 2.35 bits per heavy atom. The quantitative estimate of drug-likeness (QED) is 0.370. The lowest BCUT2D eigenvalue weighted by atomic mass is 10.0. The molecular formula is C25H29N3O6. The molecule has 0 aliphatic carbocycles. The highest BCUT2D eigenvalue weighted by atomic mass is 16.6. The average Bonchev–Trinajstić information content (AvgIpc) is 3.43. The van der Waals surface area contributed by atoms with Gasteiger partial charge in [-0.15, -0.1) is 0 Å². The summed E-state index contributed by atoms with van der Waals surface area (Å²) in [7, 11) is 0. The van der Waals surface area contributed by atoms with E-state index in [1.807, 2.05) is 44.2 Å². The van der Waals surface area contributed by atoms with E-state index < -0.39 is 34.4 Å². The van der Waals surface area contributed by atoms with E-state index in [4.69, 9.17) is 9.47 Å². The van der Waals surface area contributed by atoms with Crippen molar-refractivity contribution in [2.24, 2.45) is 0 Å². The van der Waals surface area contributed by atoms with Gasteiger partial charge in [-0.25, -0.2) is 4.79 Å². The number of rotatable bonds is 4. The minimum atomic E-state index is -0.896. The lowest BCUT2D eigenvalue weighted by molar-refractivity contribution is -0.384. The van der Waals surface area contributed by atoms with Crippen molar-refractivity contribution in [1.29, 1.82) is 0 Å². The molecule has 0 bridgehead atoms. The van der Waals surface area contributed by atoms with Crippen molar-refractivity contribution in [3.8, 4) is 0 Å². The van der Waals surface area contributed by atoms with Crippen molar-refractivity contribution in [1.82, 2.24) is 9.80 Å². The zero-order valence-corrected chi connectivity index (χ0v) is 19.9. The van der Waals surface area contributed by atoms with E-state index >= 15 is 0 Å². The highest BCUT2D eigenvalue weighted by Gasteiger charge is 2.62. The fourth-order valence-corrected chi connectivity index (χ4v) is 4.48. The predicted octanol–water partition coefficient (Wildman–Crippen LogP) is 4.59. The summed E-state index contributed by atoms with van der Waals surface area (Å²) in [5.74, 6) is -0.293. The van der Waals surface area contributed by atoms with Crippen LogP contribution in [0.5, 0.6) is 0 Å². The zero-order chi connectivity index (χ0) is 24.8. The lowest BCUT2D eigenvalue weighted by Gasteiger charge is -2.34. The summed E-state index contributed by atoms with van der Waals surface area (Å²) in [6, 6.07) is 13.7. The Labute approximate surface area is 198 Å². The maximum atomic E-state index is 14.0. The Balaban J connectivity index is 1.70. The van der Waals surface area contributed by atoms with Crippen LogP contribution in [0.25, 0.3) is 0 Å². The van der Waals surface area contributed by atoms with Crippen LogP contribution in [0.2, 0.25) is 0 Å². The van der Waals surface area contributed by atoms with Crippen molar-refractivity contribution in [2.75, 3.05) is 6.61 Å². The molecule has 2 heterocycles. The lowest BCUT2D eigenvalue weighted by Crippen LogP contribution is -2.47. The van der Waals surface area contributed by atoms with Gasteiger partial charge in [0.15, 0.2) is 0 Å². The van der Waals surface area contributed by atoms with E-state index in [2.05, 4.69) is 0 Å². The van der Waals surface area contributed by atoms with Gasteiger partial charge in [0.05, 0.1) is 23.6 Å². The van der Waals surface area contributed by atoms with Crippen LogP contribution in [-0.2, 0) is 14.3 Å². The minimum Gasteiger partial charge on any atom is -0.444 e. The second-order valence-electron chi connectivity index (χ2n) is 10.0. The Morgan fingerprint density at radius 1 is 1.09 bits per heavy atom. The predicted molar refractivity (Wildman–Crippen MR) is 124 cm³/mol. The maximum Gasteiger partial charge on any atom is 0.411 e.